The zero-order chi connectivity index (χ0) is 19.4. The first kappa shape index (κ1) is 19.2. The van der Waals surface area contributed by atoms with E-state index in [-0.39, 0.29) is 18.4 Å². The molecule has 0 radical (unpaired) electrons. The lowest BCUT2D eigenvalue weighted by Gasteiger charge is -2.22. The molecule has 0 unspecified atom stereocenters. The van der Waals surface area contributed by atoms with Crippen LogP contribution < -0.4 is 5.32 Å². The summed E-state index contributed by atoms with van der Waals surface area (Å²) in [6, 6.07) is 10.2. The van der Waals surface area contributed by atoms with Crippen LogP contribution in [-0.2, 0) is 4.79 Å². The van der Waals surface area contributed by atoms with Crippen LogP contribution in [0.15, 0.2) is 42.6 Å². The maximum atomic E-state index is 13.0. The summed E-state index contributed by atoms with van der Waals surface area (Å²) in [5.74, 6) is -0.586. The topological polar surface area (TPSA) is 78.1 Å². The Morgan fingerprint density at radius 2 is 2.04 bits per heavy atom. The van der Waals surface area contributed by atoms with E-state index in [1.807, 2.05) is 13.0 Å². The Hall–Kier alpha value is -2.57. The number of aromatic nitrogens is 2. The largest absolute Gasteiger partial charge is 0.329 e. The van der Waals surface area contributed by atoms with Crippen molar-refractivity contribution in [3.05, 3.63) is 58.2 Å². The van der Waals surface area contributed by atoms with Crippen LogP contribution in [0.1, 0.15) is 23.7 Å². The minimum absolute atomic E-state index is 0.0972. The molecule has 3 rings (SSSR count). The number of hydrogen-bond donors (Lipinski definition) is 2. The molecule has 0 aliphatic carbocycles. The normalized spacial score (nSPS) is 10.8. The average Bonchev–Trinajstić information content (AvgIpc) is 3.12. The minimum Gasteiger partial charge on any atom is -0.329 e. The smallest absolute Gasteiger partial charge is 0.256 e. The Morgan fingerprint density at radius 1 is 1.22 bits per heavy atom. The first-order valence-corrected chi connectivity index (χ1v) is 9.21. The second-order valence-electron chi connectivity index (χ2n) is 6.04. The molecule has 0 saturated carbocycles. The number of hydrogen-bond acceptors (Lipinski definition) is 3. The fourth-order valence-corrected chi connectivity index (χ4v) is 3.13. The van der Waals surface area contributed by atoms with Crippen molar-refractivity contribution in [1.82, 2.24) is 15.1 Å². The van der Waals surface area contributed by atoms with Crippen LogP contribution in [0.3, 0.4) is 0 Å². The van der Waals surface area contributed by atoms with Crippen LogP contribution in [-0.4, -0.2) is 40.0 Å². The molecule has 1 heterocycles. The standard InChI is InChI=1S/C19H18Cl2N4O2/c1-2-8-25(11-17(26)23-16-9-13(20)6-7-15(16)21)19(27)14-5-3-4-12-10-22-24-18(12)14/h3-7,9-10H,2,8,11H2,1H3,(H,22,24)(H,23,26). The second kappa shape index (κ2) is 8.41. The van der Waals surface area contributed by atoms with Crippen molar-refractivity contribution in [2.45, 2.75) is 13.3 Å². The molecular weight excluding hydrogens is 387 g/mol. The highest BCUT2D eigenvalue weighted by Crippen LogP contribution is 2.25. The van der Waals surface area contributed by atoms with Gasteiger partial charge in [-0.05, 0) is 30.7 Å². The van der Waals surface area contributed by atoms with Gasteiger partial charge in [0.15, 0.2) is 0 Å². The van der Waals surface area contributed by atoms with Crippen molar-refractivity contribution < 1.29 is 9.59 Å². The Balaban J connectivity index is 1.79. The number of amides is 2. The molecule has 6 nitrogen and oxygen atoms in total. The number of nitrogens with zero attached hydrogens (tertiary/aromatic N) is 2. The lowest BCUT2D eigenvalue weighted by molar-refractivity contribution is -0.116. The van der Waals surface area contributed by atoms with Crippen LogP contribution in [0.25, 0.3) is 10.9 Å². The predicted molar refractivity (Wildman–Crippen MR) is 107 cm³/mol. The predicted octanol–water partition coefficient (Wildman–Crippen LogP) is 4.36. The molecular formula is C19H18Cl2N4O2. The highest BCUT2D eigenvalue weighted by Gasteiger charge is 2.21. The number of halogens is 2. The van der Waals surface area contributed by atoms with E-state index in [1.165, 1.54) is 4.90 Å². The van der Waals surface area contributed by atoms with Gasteiger partial charge in [0.05, 0.1) is 28.0 Å². The van der Waals surface area contributed by atoms with Gasteiger partial charge >= 0.3 is 0 Å². The molecule has 2 N–H and O–H groups in total. The van der Waals surface area contributed by atoms with Crippen LogP contribution in [0.2, 0.25) is 10.0 Å². The number of aromatic amines is 1. The fraction of sp³-hybridized carbons (Fsp3) is 0.211. The third kappa shape index (κ3) is 4.40. The lowest BCUT2D eigenvalue weighted by atomic mass is 10.1. The molecule has 140 valence electrons. The highest BCUT2D eigenvalue weighted by atomic mass is 35.5. The van der Waals surface area contributed by atoms with Crippen molar-refractivity contribution in [1.29, 1.82) is 0 Å². The van der Waals surface area contributed by atoms with Crippen LogP contribution in [0.5, 0.6) is 0 Å². The monoisotopic (exact) mass is 404 g/mol. The number of benzene rings is 2. The molecule has 0 aliphatic heterocycles. The van der Waals surface area contributed by atoms with Gasteiger partial charge in [-0.3, -0.25) is 14.7 Å². The van der Waals surface area contributed by atoms with Crippen LogP contribution in [0, 0.1) is 0 Å². The summed E-state index contributed by atoms with van der Waals surface area (Å²) >= 11 is 12.0. The average molecular weight is 405 g/mol. The summed E-state index contributed by atoms with van der Waals surface area (Å²) in [6.45, 7) is 2.29. The third-order valence-electron chi connectivity index (χ3n) is 4.02. The minimum atomic E-state index is -0.349. The van der Waals surface area contributed by atoms with E-state index < -0.39 is 0 Å². The highest BCUT2D eigenvalue weighted by molar-refractivity contribution is 6.35. The van der Waals surface area contributed by atoms with Gasteiger partial charge in [0.1, 0.15) is 6.54 Å². The maximum absolute atomic E-state index is 13.0. The molecule has 27 heavy (non-hydrogen) atoms. The Bertz CT molecular complexity index is 987. The lowest BCUT2D eigenvalue weighted by Crippen LogP contribution is -2.38. The molecule has 1 aromatic heterocycles. The van der Waals surface area contributed by atoms with Gasteiger partial charge in [-0.1, -0.05) is 42.3 Å². The number of carbonyl (C=O) groups is 2. The summed E-state index contributed by atoms with van der Waals surface area (Å²) in [5, 5.41) is 11.2. The summed E-state index contributed by atoms with van der Waals surface area (Å²) in [4.78, 5) is 27.0. The van der Waals surface area contributed by atoms with Crippen LogP contribution in [0.4, 0.5) is 5.69 Å². The Kier molecular flexibility index (Phi) is 5.98. The van der Waals surface area contributed by atoms with Gasteiger partial charge in [0.25, 0.3) is 5.91 Å². The second-order valence-corrected chi connectivity index (χ2v) is 6.88. The van der Waals surface area contributed by atoms with Crippen molar-refractivity contribution in [3.63, 3.8) is 0 Å². The zero-order valence-corrected chi connectivity index (χ0v) is 16.1. The first-order chi connectivity index (χ1) is 13.0. The van der Waals surface area contributed by atoms with Gasteiger partial charge < -0.3 is 10.2 Å². The molecule has 0 saturated heterocycles. The van der Waals surface area contributed by atoms with E-state index in [9.17, 15) is 9.59 Å². The number of H-pyrrole nitrogens is 1. The van der Waals surface area contributed by atoms with E-state index in [2.05, 4.69) is 15.5 Å². The van der Waals surface area contributed by atoms with E-state index >= 15 is 0 Å². The Labute approximate surface area is 166 Å². The third-order valence-corrected chi connectivity index (χ3v) is 4.59. The van der Waals surface area contributed by atoms with E-state index in [4.69, 9.17) is 23.2 Å². The summed E-state index contributed by atoms with van der Waals surface area (Å²) in [5.41, 5.74) is 1.54. The summed E-state index contributed by atoms with van der Waals surface area (Å²) < 4.78 is 0. The number of carbonyl (C=O) groups excluding carboxylic acids is 2. The fourth-order valence-electron chi connectivity index (χ4n) is 2.80. The molecule has 0 aliphatic rings. The molecule has 0 atom stereocenters. The van der Waals surface area contributed by atoms with Crippen LogP contribution >= 0.6 is 23.2 Å². The van der Waals surface area contributed by atoms with Gasteiger partial charge in [0, 0.05) is 17.0 Å². The number of rotatable bonds is 6. The zero-order valence-electron chi connectivity index (χ0n) is 14.6. The molecule has 3 aromatic rings. The quantitative estimate of drug-likeness (QED) is 0.640. The number of fused-ring (bicyclic) bond motifs is 1. The number of nitrogens with one attached hydrogen (secondary N) is 2. The molecule has 0 bridgehead atoms. The number of anilines is 1. The van der Waals surface area contributed by atoms with E-state index in [1.54, 1.807) is 36.5 Å². The van der Waals surface area contributed by atoms with Gasteiger partial charge in [0.2, 0.25) is 5.91 Å². The Morgan fingerprint density at radius 3 is 2.81 bits per heavy atom. The van der Waals surface area contributed by atoms with Gasteiger partial charge in [-0.15, -0.1) is 0 Å². The van der Waals surface area contributed by atoms with Crippen molar-refractivity contribution >= 4 is 51.6 Å². The van der Waals surface area contributed by atoms with E-state index in [0.29, 0.717) is 33.4 Å². The summed E-state index contributed by atoms with van der Waals surface area (Å²) in [7, 11) is 0. The van der Waals surface area contributed by atoms with Crippen molar-refractivity contribution in [3.8, 4) is 0 Å². The SMILES string of the molecule is CCCN(CC(=O)Nc1cc(Cl)ccc1Cl)C(=O)c1cccc2cn[nH]c12. The molecule has 8 heteroatoms. The number of para-hydroxylation sites is 1. The van der Waals surface area contributed by atoms with Crippen molar-refractivity contribution in [2.24, 2.45) is 0 Å². The molecule has 0 spiro atoms. The first-order valence-electron chi connectivity index (χ1n) is 8.46. The maximum Gasteiger partial charge on any atom is 0.256 e. The van der Waals surface area contributed by atoms with E-state index in [0.717, 1.165) is 11.8 Å². The van der Waals surface area contributed by atoms with Gasteiger partial charge in [-0.25, -0.2) is 0 Å². The van der Waals surface area contributed by atoms with Gasteiger partial charge in [-0.2, -0.15) is 5.10 Å². The summed E-state index contributed by atoms with van der Waals surface area (Å²) in [6.07, 6.45) is 2.38. The molecule has 2 aromatic carbocycles. The molecule has 0 fully saturated rings. The molecule has 2 amide bonds. The van der Waals surface area contributed by atoms with Crippen molar-refractivity contribution in [2.75, 3.05) is 18.4 Å².